The Morgan fingerprint density at radius 2 is 0.609 bits per heavy atom. The van der Waals surface area contributed by atoms with Gasteiger partial charge in [0.1, 0.15) is 0 Å². The molecule has 0 unspecified atom stereocenters. The standard InChI is InChI=1S/C40H52O2P2Se2/c45-43(31-23-37-15-5-1-6-16-37,32-24-38-17-7-2-8-18-38)35-29-41-27-13-14-28-42-30-36-44(46,33-25-39-19-9-3-10-20-39)34-26-40-21-11-4-12-22-40/h1-12,15-22H,13-14,23-36H2. The number of ether oxygens (including phenoxy) is 2. The van der Waals surface area contributed by atoms with Crippen LogP contribution in [0.5, 0.6) is 0 Å². The molecule has 46 heavy (non-hydrogen) atoms. The van der Waals surface area contributed by atoms with E-state index in [1.165, 1.54) is 46.9 Å². The fraction of sp³-hybridized carbons (Fsp3) is 0.400. The van der Waals surface area contributed by atoms with Crippen molar-refractivity contribution in [3.05, 3.63) is 144 Å². The van der Waals surface area contributed by atoms with E-state index < -0.39 is 11.0 Å². The normalized spacial score (nSPS) is 11.9. The number of hydrogen-bond acceptors (Lipinski definition) is 2. The number of hydrogen-bond donors (Lipinski definition) is 0. The van der Waals surface area contributed by atoms with Gasteiger partial charge in [-0.05, 0) is 0 Å². The molecule has 0 aromatic heterocycles. The monoisotopic (exact) mass is 786 g/mol. The van der Waals surface area contributed by atoms with Crippen molar-refractivity contribution in [2.75, 3.05) is 63.4 Å². The van der Waals surface area contributed by atoms with Crippen molar-refractivity contribution in [1.29, 1.82) is 0 Å². The molecule has 2 nitrogen and oxygen atoms in total. The minimum atomic E-state index is -1.21. The average Bonchev–Trinajstić information content (AvgIpc) is 3.11. The second-order valence-corrected chi connectivity index (χ2v) is 29.0. The molecule has 4 aromatic carbocycles. The van der Waals surface area contributed by atoms with Gasteiger partial charge in [-0.3, -0.25) is 0 Å². The molecule has 4 aromatic rings. The molecule has 0 N–H and O–H groups in total. The first-order valence-corrected chi connectivity index (χ1v) is 26.1. The molecule has 0 aliphatic heterocycles. The van der Waals surface area contributed by atoms with E-state index in [9.17, 15) is 0 Å². The van der Waals surface area contributed by atoms with Crippen LogP contribution in [0.25, 0.3) is 0 Å². The third kappa shape index (κ3) is 15.3. The number of aryl methyl sites for hydroxylation is 4. The van der Waals surface area contributed by atoms with Gasteiger partial charge in [-0.15, -0.1) is 0 Å². The Bertz CT molecular complexity index is 1240. The maximum absolute atomic E-state index is 6.19. The van der Waals surface area contributed by atoms with Crippen LogP contribution in [0.2, 0.25) is 0 Å². The van der Waals surface area contributed by atoms with Gasteiger partial charge in [-0.1, -0.05) is 0 Å². The summed E-state index contributed by atoms with van der Waals surface area (Å²) >= 11 is 7.43. The number of rotatable bonds is 23. The first-order valence-electron chi connectivity index (χ1n) is 17.0. The summed E-state index contributed by atoms with van der Waals surface area (Å²) in [5.41, 5.74) is 3.34. The van der Waals surface area contributed by atoms with Crippen LogP contribution in [-0.2, 0) is 35.2 Å². The van der Waals surface area contributed by atoms with Gasteiger partial charge in [0.05, 0.1) is 0 Å². The van der Waals surface area contributed by atoms with E-state index in [4.69, 9.17) is 9.47 Å². The summed E-state index contributed by atoms with van der Waals surface area (Å²) in [5, 5.41) is 0. The van der Waals surface area contributed by atoms with E-state index in [2.05, 4.69) is 152 Å². The van der Waals surface area contributed by atoms with Crippen LogP contribution in [0.1, 0.15) is 35.1 Å². The molecule has 0 saturated heterocycles. The van der Waals surface area contributed by atoms with Gasteiger partial charge >= 0.3 is 296 Å². The molecule has 0 bridgehead atoms. The van der Waals surface area contributed by atoms with Gasteiger partial charge < -0.3 is 0 Å². The molecule has 6 heteroatoms. The molecule has 0 amide bonds. The summed E-state index contributed by atoms with van der Waals surface area (Å²) in [6, 6.07) is 43.7. The molecule has 4 rings (SSSR count). The third-order valence-corrected chi connectivity index (χ3v) is 21.8. The topological polar surface area (TPSA) is 18.5 Å². The zero-order valence-electron chi connectivity index (χ0n) is 27.4. The van der Waals surface area contributed by atoms with E-state index in [1.807, 2.05) is 0 Å². The molecule has 0 aliphatic rings. The Morgan fingerprint density at radius 3 is 0.870 bits per heavy atom. The van der Waals surface area contributed by atoms with Gasteiger partial charge in [0.2, 0.25) is 0 Å². The average molecular weight is 785 g/mol. The second-order valence-electron chi connectivity index (χ2n) is 12.3. The molecular weight excluding hydrogens is 732 g/mol. The fourth-order valence-corrected chi connectivity index (χ4v) is 13.8. The predicted octanol–water partition coefficient (Wildman–Crippen LogP) is 8.97. The molecule has 0 spiro atoms. The SMILES string of the molecule is [Se]=P(CCOCCCCOCCP(=[Se])(CCc1ccccc1)CCc1ccccc1)(CCc1ccccc1)CCc1ccccc1. The minimum absolute atomic E-state index is 0.827. The van der Waals surface area contributed by atoms with Crippen LogP contribution < -0.4 is 0 Å². The molecule has 246 valence electrons. The van der Waals surface area contributed by atoms with E-state index in [0.717, 1.165) is 77.3 Å². The molecule has 0 atom stereocenters. The summed E-state index contributed by atoms with van der Waals surface area (Å²) in [5.74, 6) is 0. The Balaban J connectivity index is 1.13. The summed E-state index contributed by atoms with van der Waals surface area (Å²) in [6.07, 6.45) is 14.0. The van der Waals surface area contributed by atoms with E-state index in [0.29, 0.717) is 0 Å². The van der Waals surface area contributed by atoms with Crippen LogP contribution in [0.3, 0.4) is 0 Å². The van der Waals surface area contributed by atoms with Crippen molar-refractivity contribution in [3.8, 4) is 0 Å². The zero-order chi connectivity index (χ0) is 32.2. The van der Waals surface area contributed by atoms with Crippen molar-refractivity contribution in [1.82, 2.24) is 0 Å². The van der Waals surface area contributed by atoms with E-state index in [-0.39, 0.29) is 0 Å². The van der Waals surface area contributed by atoms with Crippen molar-refractivity contribution < 1.29 is 9.47 Å². The van der Waals surface area contributed by atoms with Crippen LogP contribution in [0, 0.1) is 0 Å². The van der Waals surface area contributed by atoms with Gasteiger partial charge in [0, 0.05) is 0 Å². The fourth-order valence-electron chi connectivity index (χ4n) is 5.66. The predicted molar refractivity (Wildman–Crippen MR) is 206 cm³/mol. The van der Waals surface area contributed by atoms with Crippen molar-refractivity contribution >= 4 is 41.2 Å². The molecule has 0 aliphatic carbocycles. The quantitative estimate of drug-likeness (QED) is 0.0425. The summed E-state index contributed by atoms with van der Waals surface area (Å²) in [4.78, 5) is 0. The van der Waals surface area contributed by atoms with Crippen LogP contribution >= 0.6 is 11.0 Å². The molecule has 0 radical (unpaired) electrons. The van der Waals surface area contributed by atoms with Gasteiger partial charge in [-0.25, -0.2) is 0 Å². The molecule has 0 saturated carbocycles. The first-order chi connectivity index (χ1) is 22.5. The number of unbranched alkanes of at least 4 members (excludes halogenated alkanes) is 1. The van der Waals surface area contributed by atoms with Crippen LogP contribution in [0.15, 0.2) is 121 Å². The van der Waals surface area contributed by atoms with Gasteiger partial charge in [0.25, 0.3) is 0 Å². The summed E-state index contributed by atoms with van der Waals surface area (Å²) in [6.45, 7) is 3.36. The Morgan fingerprint density at radius 1 is 0.348 bits per heavy atom. The van der Waals surface area contributed by atoms with Crippen molar-refractivity contribution in [3.63, 3.8) is 0 Å². The maximum atomic E-state index is 6.19. The van der Waals surface area contributed by atoms with Gasteiger partial charge in [-0.2, -0.15) is 0 Å². The number of benzene rings is 4. The molecular formula is C40H52O2P2Se2. The van der Waals surface area contributed by atoms with Gasteiger partial charge in [0.15, 0.2) is 0 Å². The zero-order valence-corrected chi connectivity index (χ0v) is 32.6. The third-order valence-electron chi connectivity index (χ3n) is 8.72. The van der Waals surface area contributed by atoms with Crippen LogP contribution in [0.4, 0.5) is 0 Å². The van der Waals surface area contributed by atoms with E-state index >= 15 is 0 Å². The van der Waals surface area contributed by atoms with Crippen molar-refractivity contribution in [2.45, 2.75) is 38.5 Å². The van der Waals surface area contributed by atoms with Crippen LogP contribution in [-0.4, -0.2) is 93.6 Å². The summed E-state index contributed by atoms with van der Waals surface area (Å²) < 4.78 is 12.4. The van der Waals surface area contributed by atoms with Crippen molar-refractivity contribution in [2.24, 2.45) is 0 Å². The Labute approximate surface area is 294 Å². The molecule has 0 fully saturated rings. The van der Waals surface area contributed by atoms with E-state index in [1.54, 1.807) is 0 Å². The second kappa shape index (κ2) is 21.6. The molecule has 0 heterocycles. The first kappa shape index (κ1) is 37.5. The summed E-state index contributed by atoms with van der Waals surface area (Å²) in [7, 11) is 0. The Kier molecular flexibility index (Phi) is 17.6. The Hall–Kier alpha value is -1.30.